The number of aromatic nitrogens is 2. The smallest absolute Gasteiger partial charge is 0.251 e. The zero-order valence-electron chi connectivity index (χ0n) is 13.3. The van der Waals surface area contributed by atoms with E-state index in [0.29, 0.717) is 12.1 Å². The van der Waals surface area contributed by atoms with Gasteiger partial charge in [-0.25, -0.2) is 4.68 Å². The number of para-hydroxylation sites is 1. The van der Waals surface area contributed by atoms with Crippen LogP contribution in [0.3, 0.4) is 0 Å². The van der Waals surface area contributed by atoms with E-state index in [1.165, 1.54) is 5.56 Å². The zero-order chi connectivity index (χ0) is 16.2. The Hall–Kier alpha value is -2.88. The number of rotatable bonds is 4. The van der Waals surface area contributed by atoms with Crippen LogP contribution < -0.4 is 5.32 Å². The molecule has 1 aromatic heterocycles. The summed E-state index contributed by atoms with van der Waals surface area (Å²) in [6, 6.07) is 17.5. The van der Waals surface area contributed by atoms with Gasteiger partial charge in [-0.3, -0.25) is 4.79 Å². The van der Waals surface area contributed by atoms with E-state index >= 15 is 0 Å². The summed E-state index contributed by atoms with van der Waals surface area (Å²) in [5, 5.41) is 7.39. The predicted octanol–water partition coefficient (Wildman–Crippen LogP) is 3.42. The van der Waals surface area contributed by atoms with Crippen LogP contribution in [0.5, 0.6) is 0 Å². The monoisotopic (exact) mass is 305 g/mol. The Morgan fingerprint density at radius 1 is 1.04 bits per heavy atom. The summed E-state index contributed by atoms with van der Waals surface area (Å²) in [6.07, 6.45) is 1.90. The molecule has 0 aliphatic heterocycles. The second-order valence-electron chi connectivity index (χ2n) is 5.57. The molecule has 1 heterocycles. The molecule has 2 aromatic carbocycles. The van der Waals surface area contributed by atoms with Gasteiger partial charge in [-0.05, 0) is 55.3 Å². The summed E-state index contributed by atoms with van der Waals surface area (Å²) in [5.74, 6) is -0.0811. The lowest BCUT2D eigenvalue weighted by atomic mass is 10.1. The topological polar surface area (TPSA) is 46.9 Å². The van der Waals surface area contributed by atoms with Gasteiger partial charge < -0.3 is 5.32 Å². The van der Waals surface area contributed by atoms with Gasteiger partial charge in [0.2, 0.25) is 0 Å². The van der Waals surface area contributed by atoms with Crippen molar-refractivity contribution in [3.8, 4) is 5.69 Å². The molecule has 0 aliphatic carbocycles. The van der Waals surface area contributed by atoms with Gasteiger partial charge in [0, 0.05) is 11.8 Å². The standard InChI is InChI=1S/C19H19N3O/c1-14-8-9-16(12-15(14)2)19(23)20-13-17-10-11-22(21-17)18-6-4-3-5-7-18/h3-12H,13H2,1-2H3,(H,20,23). The summed E-state index contributed by atoms with van der Waals surface area (Å²) >= 11 is 0. The second kappa shape index (κ2) is 6.48. The van der Waals surface area contributed by atoms with Gasteiger partial charge in [0.1, 0.15) is 0 Å². The van der Waals surface area contributed by atoms with Crippen LogP contribution >= 0.6 is 0 Å². The molecule has 0 radical (unpaired) electrons. The molecule has 4 heteroatoms. The quantitative estimate of drug-likeness (QED) is 0.803. The third-order valence-corrected chi connectivity index (χ3v) is 3.86. The molecular formula is C19H19N3O. The third-order valence-electron chi connectivity index (χ3n) is 3.86. The molecule has 3 aromatic rings. The lowest BCUT2D eigenvalue weighted by Crippen LogP contribution is -2.23. The highest BCUT2D eigenvalue weighted by Gasteiger charge is 2.08. The number of nitrogens with one attached hydrogen (secondary N) is 1. The molecule has 0 bridgehead atoms. The highest BCUT2D eigenvalue weighted by molar-refractivity contribution is 5.94. The van der Waals surface area contributed by atoms with Crippen LogP contribution in [0.2, 0.25) is 0 Å². The molecule has 0 atom stereocenters. The van der Waals surface area contributed by atoms with Crippen LogP contribution in [-0.2, 0) is 6.54 Å². The van der Waals surface area contributed by atoms with E-state index in [4.69, 9.17) is 0 Å². The van der Waals surface area contributed by atoms with Gasteiger partial charge >= 0.3 is 0 Å². The number of aryl methyl sites for hydroxylation is 2. The van der Waals surface area contributed by atoms with Crippen LogP contribution in [0.15, 0.2) is 60.8 Å². The Morgan fingerprint density at radius 2 is 1.83 bits per heavy atom. The molecule has 4 nitrogen and oxygen atoms in total. The molecule has 0 aliphatic rings. The van der Waals surface area contributed by atoms with E-state index in [2.05, 4.69) is 10.4 Å². The molecule has 0 spiro atoms. The first kappa shape index (κ1) is 15.0. The summed E-state index contributed by atoms with van der Waals surface area (Å²) in [7, 11) is 0. The van der Waals surface area contributed by atoms with Crippen LogP contribution in [-0.4, -0.2) is 15.7 Å². The molecule has 3 rings (SSSR count). The first-order chi connectivity index (χ1) is 11.1. The second-order valence-corrected chi connectivity index (χ2v) is 5.57. The Kier molecular flexibility index (Phi) is 4.24. The van der Waals surface area contributed by atoms with Crippen molar-refractivity contribution in [1.82, 2.24) is 15.1 Å². The summed E-state index contributed by atoms with van der Waals surface area (Å²) in [6.45, 7) is 4.45. The lowest BCUT2D eigenvalue weighted by Gasteiger charge is -2.06. The zero-order valence-corrected chi connectivity index (χ0v) is 13.3. The van der Waals surface area contributed by atoms with E-state index in [0.717, 1.165) is 16.9 Å². The van der Waals surface area contributed by atoms with E-state index < -0.39 is 0 Å². The van der Waals surface area contributed by atoms with E-state index in [9.17, 15) is 4.79 Å². The van der Waals surface area contributed by atoms with E-state index in [1.54, 1.807) is 4.68 Å². The minimum Gasteiger partial charge on any atom is -0.346 e. The molecule has 0 fully saturated rings. The Bertz CT molecular complexity index is 822. The van der Waals surface area contributed by atoms with E-state index in [-0.39, 0.29) is 5.91 Å². The van der Waals surface area contributed by atoms with E-state index in [1.807, 2.05) is 74.6 Å². The summed E-state index contributed by atoms with van der Waals surface area (Å²) < 4.78 is 1.80. The SMILES string of the molecule is Cc1ccc(C(=O)NCc2ccn(-c3ccccc3)n2)cc1C. The number of amides is 1. The molecule has 0 saturated carbocycles. The van der Waals surface area contributed by atoms with Gasteiger partial charge in [-0.1, -0.05) is 24.3 Å². The fraction of sp³-hybridized carbons (Fsp3) is 0.158. The Morgan fingerprint density at radius 3 is 2.57 bits per heavy atom. The van der Waals surface area contributed by atoms with Gasteiger partial charge in [0.15, 0.2) is 0 Å². The number of hydrogen-bond acceptors (Lipinski definition) is 2. The van der Waals surface area contributed by atoms with Crippen molar-refractivity contribution in [2.45, 2.75) is 20.4 Å². The number of carbonyl (C=O) groups excluding carboxylic acids is 1. The fourth-order valence-electron chi connectivity index (χ4n) is 2.34. The van der Waals surface area contributed by atoms with Crippen molar-refractivity contribution >= 4 is 5.91 Å². The molecule has 1 N–H and O–H groups in total. The number of nitrogens with zero attached hydrogens (tertiary/aromatic N) is 2. The van der Waals surface area contributed by atoms with Crippen molar-refractivity contribution < 1.29 is 4.79 Å². The van der Waals surface area contributed by atoms with Crippen molar-refractivity contribution in [2.24, 2.45) is 0 Å². The predicted molar refractivity (Wildman–Crippen MR) is 90.7 cm³/mol. The van der Waals surface area contributed by atoms with Gasteiger partial charge in [-0.2, -0.15) is 5.10 Å². The fourth-order valence-corrected chi connectivity index (χ4v) is 2.34. The minimum atomic E-state index is -0.0811. The average Bonchev–Trinajstić information content (AvgIpc) is 3.05. The van der Waals surface area contributed by atoms with Crippen molar-refractivity contribution in [1.29, 1.82) is 0 Å². The third kappa shape index (κ3) is 3.48. The number of benzene rings is 2. The maximum Gasteiger partial charge on any atom is 0.251 e. The lowest BCUT2D eigenvalue weighted by molar-refractivity contribution is 0.0950. The molecule has 0 unspecified atom stereocenters. The largest absolute Gasteiger partial charge is 0.346 e. The molecule has 23 heavy (non-hydrogen) atoms. The molecular weight excluding hydrogens is 286 g/mol. The minimum absolute atomic E-state index is 0.0811. The van der Waals surface area contributed by atoms with Gasteiger partial charge in [0.05, 0.1) is 17.9 Å². The van der Waals surface area contributed by atoms with Crippen molar-refractivity contribution in [2.75, 3.05) is 0 Å². The van der Waals surface area contributed by atoms with Crippen LogP contribution in [0.25, 0.3) is 5.69 Å². The maximum atomic E-state index is 12.2. The molecule has 0 saturated heterocycles. The number of carbonyl (C=O) groups is 1. The first-order valence-corrected chi connectivity index (χ1v) is 7.59. The van der Waals surface area contributed by atoms with Gasteiger partial charge in [-0.15, -0.1) is 0 Å². The normalized spacial score (nSPS) is 10.5. The van der Waals surface area contributed by atoms with Crippen LogP contribution in [0.1, 0.15) is 27.2 Å². The summed E-state index contributed by atoms with van der Waals surface area (Å²) in [4.78, 5) is 12.2. The average molecular weight is 305 g/mol. The first-order valence-electron chi connectivity index (χ1n) is 7.59. The summed E-state index contributed by atoms with van der Waals surface area (Å²) in [5.41, 5.74) is 4.80. The van der Waals surface area contributed by atoms with Gasteiger partial charge in [0.25, 0.3) is 5.91 Å². The molecule has 116 valence electrons. The maximum absolute atomic E-state index is 12.2. The van der Waals surface area contributed by atoms with Crippen molar-refractivity contribution in [3.05, 3.63) is 83.2 Å². The van der Waals surface area contributed by atoms with Crippen LogP contribution in [0.4, 0.5) is 0 Å². The Labute approximate surface area is 135 Å². The highest BCUT2D eigenvalue weighted by Crippen LogP contribution is 2.10. The molecule has 1 amide bonds. The Balaban J connectivity index is 1.65. The number of hydrogen-bond donors (Lipinski definition) is 1. The van der Waals surface area contributed by atoms with Crippen molar-refractivity contribution in [3.63, 3.8) is 0 Å². The highest BCUT2D eigenvalue weighted by atomic mass is 16.1. The van der Waals surface area contributed by atoms with Crippen LogP contribution in [0, 0.1) is 13.8 Å².